The first-order chi connectivity index (χ1) is 13.6. The van der Waals surface area contributed by atoms with E-state index in [1.165, 1.54) is 0 Å². The van der Waals surface area contributed by atoms with Crippen molar-refractivity contribution < 1.29 is 29.1 Å². The minimum absolute atomic E-state index is 0.256. The number of carbonyl (C=O) groups is 2. The second kappa shape index (κ2) is 11.9. The van der Waals surface area contributed by atoms with Crippen molar-refractivity contribution in [1.29, 1.82) is 0 Å². The largest absolute Gasteiger partial charge is 0.373 e. The molecule has 0 aromatic heterocycles. The van der Waals surface area contributed by atoms with E-state index in [0.717, 1.165) is 12.8 Å². The summed E-state index contributed by atoms with van der Waals surface area (Å²) in [6, 6.07) is 17.3. The molecule has 0 bridgehead atoms. The third kappa shape index (κ3) is 7.50. The summed E-state index contributed by atoms with van der Waals surface area (Å²) in [5.74, 6) is -1.06. The van der Waals surface area contributed by atoms with Crippen molar-refractivity contribution in [3.05, 3.63) is 71.8 Å². The molecule has 0 aliphatic carbocycles. The van der Waals surface area contributed by atoms with Gasteiger partial charge >= 0.3 is 11.9 Å². The normalized spacial score (nSPS) is 12.8. The molecule has 0 aliphatic heterocycles. The monoisotopic (exact) mass is 386 g/mol. The lowest BCUT2D eigenvalue weighted by atomic mass is 10.1. The van der Waals surface area contributed by atoms with Crippen LogP contribution in [0.2, 0.25) is 0 Å². The van der Waals surface area contributed by atoms with Crippen LogP contribution in [-0.4, -0.2) is 24.1 Å². The van der Waals surface area contributed by atoms with E-state index in [1.54, 1.807) is 55.5 Å². The van der Waals surface area contributed by atoms with Gasteiger partial charge in [0.2, 0.25) is 0 Å². The Bertz CT molecular complexity index is 716. The topological polar surface area (TPSA) is 71.1 Å². The van der Waals surface area contributed by atoms with Gasteiger partial charge in [-0.15, -0.1) is 0 Å². The Morgan fingerprint density at radius 1 is 0.750 bits per heavy atom. The van der Waals surface area contributed by atoms with Gasteiger partial charge in [0.25, 0.3) is 0 Å². The number of hydrogen-bond donors (Lipinski definition) is 0. The zero-order chi connectivity index (χ0) is 20.2. The standard InChI is InChI=1S/C22H26O6/c1-3-10-20(26-28-22(24)19-13-8-5-9-14-19)16-15-17(2)25-27-21(23)18-11-6-4-7-12-18/h4-9,11-14,17,20H,3,10,15-16H2,1-2H3. The summed E-state index contributed by atoms with van der Waals surface area (Å²) in [4.78, 5) is 44.2. The highest BCUT2D eigenvalue weighted by atomic mass is 17.2. The van der Waals surface area contributed by atoms with Gasteiger partial charge in [-0.05, 0) is 50.5 Å². The minimum Gasteiger partial charge on any atom is -0.293 e. The quantitative estimate of drug-likeness (QED) is 0.404. The van der Waals surface area contributed by atoms with Gasteiger partial charge in [-0.25, -0.2) is 9.59 Å². The van der Waals surface area contributed by atoms with Gasteiger partial charge in [-0.3, -0.25) is 9.78 Å². The Kier molecular flexibility index (Phi) is 9.18. The second-order valence-corrected chi connectivity index (χ2v) is 6.46. The van der Waals surface area contributed by atoms with Gasteiger partial charge < -0.3 is 0 Å². The summed E-state index contributed by atoms with van der Waals surface area (Å²) in [6.45, 7) is 3.83. The number of benzene rings is 2. The lowest BCUT2D eigenvalue weighted by Crippen LogP contribution is -2.20. The van der Waals surface area contributed by atoms with Crippen LogP contribution in [0.15, 0.2) is 60.7 Å². The van der Waals surface area contributed by atoms with Gasteiger partial charge in [-0.1, -0.05) is 49.7 Å². The first-order valence-corrected chi connectivity index (χ1v) is 9.45. The molecule has 0 N–H and O–H groups in total. The highest BCUT2D eigenvalue weighted by Crippen LogP contribution is 2.15. The van der Waals surface area contributed by atoms with Crippen molar-refractivity contribution in [1.82, 2.24) is 0 Å². The van der Waals surface area contributed by atoms with Gasteiger partial charge in [0, 0.05) is 0 Å². The Hall–Kier alpha value is -2.70. The third-order valence-electron chi connectivity index (χ3n) is 4.07. The second-order valence-electron chi connectivity index (χ2n) is 6.46. The minimum atomic E-state index is -0.536. The zero-order valence-electron chi connectivity index (χ0n) is 16.2. The zero-order valence-corrected chi connectivity index (χ0v) is 16.2. The maximum Gasteiger partial charge on any atom is 0.373 e. The van der Waals surface area contributed by atoms with Gasteiger partial charge in [-0.2, -0.15) is 9.78 Å². The molecule has 0 amide bonds. The first kappa shape index (κ1) is 21.6. The van der Waals surface area contributed by atoms with E-state index in [-0.39, 0.29) is 12.2 Å². The van der Waals surface area contributed by atoms with Crippen LogP contribution in [-0.2, 0) is 19.6 Å². The van der Waals surface area contributed by atoms with E-state index in [1.807, 2.05) is 19.1 Å². The smallest absolute Gasteiger partial charge is 0.293 e. The van der Waals surface area contributed by atoms with Crippen molar-refractivity contribution in [3.63, 3.8) is 0 Å². The Morgan fingerprint density at radius 2 is 1.25 bits per heavy atom. The molecule has 0 spiro atoms. The molecule has 2 aromatic carbocycles. The van der Waals surface area contributed by atoms with E-state index in [0.29, 0.717) is 24.0 Å². The third-order valence-corrected chi connectivity index (χ3v) is 4.07. The molecule has 0 radical (unpaired) electrons. The van der Waals surface area contributed by atoms with E-state index in [9.17, 15) is 9.59 Å². The average molecular weight is 386 g/mol. The molecule has 2 atom stereocenters. The maximum absolute atomic E-state index is 12.0. The molecule has 0 fully saturated rings. The van der Waals surface area contributed by atoms with Crippen LogP contribution >= 0.6 is 0 Å². The van der Waals surface area contributed by atoms with Crippen LogP contribution in [0.1, 0.15) is 60.2 Å². The van der Waals surface area contributed by atoms with Crippen molar-refractivity contribution in [2.75, 3.05) is 0 Å². The fourth-order valence-electron chi connectivity index (χ4n) is 2.51. The van der Waals surface area contributed by atoms with Crippen molar-refractivity contribution in [2.45, 2.75) is 51.7 Å². The van der Waals surface area contributed by atoms with Crippen molar-refractivity contribution in [3.8, 4) is 0 Å². The number of carbonyl (C=O) groups excluding carboxylic acids is 2. The van der Waals surface area contributed by atoms with Crippen LogP contribution in [0.5, 0.6) is 0 Å². The van der Waals surface area contributed by atoms with Crippen molar-refractivity contribution >= 4 is 11.9 Å². The van der Waals surface area contributed by atoms with E-state index >= 15 is 0 Å². The molecule has 2 unspecified atom stereocenters. The lowest BCUT2D eigenvalue weighted by molar-refractivity contribution is -0.287. The van der Waals surface area contributed by atoms with Crippen LogP contribution in [0.4, 0.5) is 0 Å². The van der Waals surface area contributed by atoms with Gasteiger partial charge in [0.05, 0.1) is 11.1 Å². The SMILES string of the molecule is CCCC(CCC(C)OOC(=O)c1ccccc1)OOC(=O)c1ccccc1. The number of hydrogen-bond acceptors (Lipinski definition) is 6. The molecule has 0 aliphatic rings. The summed E-state index contributed by atoms with van der Waals surface area (Å²) in [5, 5.41) is 0. The van der Waals surface area contributed by atoms with Crippen LogP contribution in [0.25, 0.3) is 0 Å². The summed E-state index contributed by atoms with van der Waals surface area (Å²) >= 11 is 0. The fraction of sp³-hybridized carbons (Fsp3) is 0.364. The highest BCUT2D eigenvalue weighted by molar-refractivity contribution is 5.89. The molecule has 28 heavy (non-hydrogen) atoms. The van der Waals surface area contributed by atoms with Crippen LogP contribution < -0.4 is 0 Å². The fourth-order valence-corrected chi connectivity index (χ4v) is 2.51. The molecular formula is C22H26O6. The maximum atomic E-state index is 12.0. The van der Waals surface area contributed by atoms with Crippen molar-refractivity contribution in [2.24, 2.45) is 0 Å². The molecule has 2 aromatic rings. The van der Waals surface area contributed by atoms with Crippen LogP contribution in [0, 0.1) is 0 Å². The molecule has 150 valence electrons. The predicted molar refractivity (Wildman–Crippen MR) is 103 cm³/mol. The Labute approximate surface area is 165 Å². The molecule has 0 heterocycles. The average Bonchev–Trinajstić information content (AvgIpc) is 2.75. The van der Waals surface area contributed by atoms with Gasteiger partial charge in [0.1, 0.15) is 12.2 Å². The number of rotatable bonds is 11. The molecule has 6 heteroatoms. The Balaban J connectivity index is 1.72. The highest BCUT2D eigenvalue weighted by Gasteiger charge is 2.17. The van der Waals surface area contributed by atoms with Gasteiger partial charge in [0.15, 0.2) is 0 Å². The van der Waals surface area contributed by atoms with E-state index in [2.05, 4.69) is 0 Å². The van der Waals surface area contributed by atoms with Crippen LogP contribution in [0.3, 0.4) is 0 Å². The molecule has 2 rings (SSSR count). The predicted octanol–water partition coefficient (Wildman–Crippen LogP) is 4.90. The Morgan fingerprint density at radius 3 is 1.75 bits per heavy atom. The molecule has 6 nitrogen and oxygen atoms in total. The summed E-state index contributed by atoms with van der Waals surface area (Å²) in [7, 11) is 0. The summed E-state index contributed by atoms with van der Waals surface area (Å²) in [6.07, 6.45) is 2.22. The molecule has 0 saturated carbocycles. The summed E-state index contributed by atoms with van der Waals surface area (Å²) < 4.78 is 0. The summed E-state index contributed by atoms with van der Waals surface area (Å²) in [5.41, 5.74) is 0.858. The first-order valence-electron chi connectivity index (χ1n) is 9.45. The van der Waals surface area contributed by atoms with E-state index < -0.39 is 11.9 Å². The molecule has 0 saturated heterocycles. The molecular weight excluding hydrogens is 360 g/mol. The van der Waals surface area contributed by atoms with E-state index in [4.69, 9.17) is 19.6 Å². The lowest BCUT2D eigenvalue weighted by Gasteiger charge is -2.17.